The number of hydrogen-bond donors (Lipinski definition) is 1. The van der Waals surface area contributed by atoms with Gasteiger partial charge in [0, 0.05) is 12.1 Å². The van der Waals surface area contributed by atoms with Crippen molar-refractivity contribution in [3.63, 3.8) is 0 Å². The maximum Gasteiger partial charge on any atom is 0.247 e. The van der Waals surface area contributed by atoms with Gasteiger partial charge >= 0.3 is 0 Å². The fraction of sp³-hybridized carbons (Fsp3) is 0.174. The molecule has 1 aromatic heterocycles. The third kappa shape index (κ3) is 4.86. The molecule has 1 unspecified atom stereocenters. The summed E-state index contributed by atoms with van der Waals surface area (Å²) in [6.07, 6.45) is 1.94. The van der Waals surface area contributed by atoms with E-state index in [1.807, 2.05) is 12.1 Å². The molecule has 3 aromatic rings. The number of benzene rings is 2. The molecule has 1 atom stereocenters. The molecule has 1 saturated heterocycles. The Bertz CT molecular complexity index is 1110. The first-order chi connectivity index (χ1) is 15.0. The monoisotopic (exact) mass is 437 g/mol. The molecular weight excluding hydrogens is 417 g/mol. The highest BCUT2D eigenvalue weighted by atomic mass is 32.2. The second-order valence-corrected chi connectivity index (χ2v) is 7.97. The molecule has 1 aliphatic rings. The number of furan rings is 1. The van der Waals surface area contributed by atoms with Crippen LogP contribution in [0, 0.1) is 5.82 Å². The summed E-state index contributed by atoms with van der Waals surface area (Å²) >= 11 is 1.30. The number of nitrogens with one attached hydrogen (secondary N) is 1. The van der Waals surface area contributed by atoms with Gasteiger partial charge in [-0.2, -0.15) is 0 Å². The molecule has 2 amide bonds. The Morgan fingerprint density at radius 1 is 1.19 bits per heavy atom. The molecule has 0 bridgehead atoms. The van der Waals surface area contributed by atoms with Crippen LogP contribution in [0.4, 0.5) is 15.8 Å². The van der Waals surface area contributed by atoms with Gasteiger partial charge in [0.05, 0.1) is 18.5 Å². The van der Waals surface area contributed by atoms with E-state index in [2.05, 4.69) is 10.3 Å². The van der Waals surface area contributed by atoms with Crippen molar-refractivity contribution in [2.75, 3.05) is 5.32 Å². The first kappa shape index (κ1) is 20.9. The summed E-state index contributed by atoms with van der Waals surface area (Å²) in [5, 5.41) is 2.76. The summed E-state index contributed by atoms with van der Waals surface area (Å²) in [6.45, 7) is 2.01. The summed E-state index contributed by atoms with van der Waals surface area (Å²) in [5.74, 6) is 0.0179. The van der Waals surface area contributed by atoms with Crippen LogP contribution in [0.3, 0.4) is 0 Å². The lowest BCUT2D eigenvalue weighted by Crippen LogP contribution is -2.29. The van der Waals surface area contributed by atoms with Gasteiger partial charge in [0.25, 0.3) is 0 Å². The first-order valence-electron chi connectivity index (χ1n) is 9.78. The quantitative estimate of drug-likeness (QED) is 0.570. The van der Waals surface area contributed by atoms with Crippen molar-refractivity contribution < 1.29 is 18.4 Å². The highest BCUT2D eigenvalue weighted by molar-refractivity contribution is 8.15. The topological polar surface area (TPSA) is 74.9 Å². The fourth-order valence-corrected chi connectivity index (χ4v) is 4.28. The number of anilines is 1. The van der Waals surface area contributed by atoms with E-state index < -0.39 is 11.1 Å². The number of halogens is 1. The van der Waals surface area contributed by atoms with Gasteiger partial charge in [-0.15, -0.1) is 0 Å². The fourth-order valence-electron chi connectivity index (χ4n) is 3.10. The zero-order valence-corrected chi connectivity index (χ0v) is 17.6. The minimum atomic E-state index is -0.502. The number of aliphatic imine (C=N–C) groups is 1. The number of hydrogen-bond acceptors (Lipinski definition) is 5. The standard InChI is InChI=1S/C23H20FN3O3S/c1-2-20(28)25-17-10-8-15(9-11-17)21-22(29)27(14-19-7-4-12-30-19)23(31-21)26-18-6-3-5-16(24)13-18/h3-13,21H,2,14H2,1H3,(H,25,28). The van der Waals surface area contributed by atoms with Crippen molar-refractivity contribution in [1.29, 1.82) is 0 Å². The van der Waals surface area contributed by atoms with E-state index in [-0.39, 0.29) is 18.4 Å². The van der Waals surface area contributed by atoms with E-state index in [1.54, 1.807) is 54.5 Å². The number of amidine groups is 1. The minimum absolute atomic E-state index is 0.0757. The molecule has 0 radical (unpaired) electrons. The summed E-state index contributed by atoms with van der Waals surface area (Å²) < 4.78 is 19.0. The Balaban J connectivity index is 1.62. The normalized spacial score (nSPS) is 17.4. The van der Waals surface area contributed by atoms with Gasteiger partial charge in [-0.3, -0.25) is 14.5 Å². The molecule has 1 aliphatic heterocycles. The maximum atomic E-state index is 13.6. The Kier molecular flexibility index (Phi) is 6.18. The summed E-state index contributed by atoms with van der Waals surface area (Å²) in [5.41, 5.74) is 1.89. The lowest BCUT2D eigenvalue weighted by molar-refractivity contribution is -0.126. The van der Waals surface area contributed by atoms with E-state index in [4.69, 9.17) is 4.42 Å². The second kappa shape index (κ2) is 9.18. The smallest absolute Gasteiger partial charge is 0.247 e. The van der Waals surface area contributed by atoms with Crippen LogP contribution >= 0.6 is 11.8 Å². The Labute approximate surface area is 183 Å². The lowest BCUT2D eigenvalue weighted by atomic mass is 10.1. The Hall–Kier alpha value is -3.39. The molecular formula is C23H20FN3O3S. The number of thioether (sulfide) groups is 1. The Morgan fingerprint density at radius 3 is 2.68 bits per heavy atom. The highest BCUT2D eigenvalue weighted by Gasteiger charge is 2.39. The predicted octanol–water partition coefficient (Wildman–Crippen LogP) is 5.27. The minimum Gasteiger partial charge on any atom is -0.467 e. The van der Waals surface area contributed by atoms with Crippen LogP contribution in [-0.2, 0) is 16.1 Å². The van der Waals surface area contributed by atoms with Gasteiger partial charge in [-0.1, -0.05) is 36.9 Å². The molecule has 8 heteroatoms. The van der Waals surface area contributed by atoms with Crippen molar-refractivity contribution in [1.82, 2.24) is 4.90 Å². The van der Waals surface area contributed by atoms with Crippen LogP contribution < -0.4 is 5.32 Å². The zero-order valence-electron chi connectivity index (χ0n) is 16.7. The summed E-state index contributed by atoms with van der Waals surface area (Å²) in [7, 11) is 0. The van der Waals surface area contributed by atoms with Crippen molar-refractivity contribution in [3.8, 4) is 0 Å². The summed E-state index contributed by atoms with van der Waals surface area (Å²) in [6, 6.07) is 16.7. The molecule has 0 aliphatic carbocycles. The largest absolute Gasteiger partial charge is 0.467 e. The molecule has 0 spiro atoms. The summed E-state index contributed by atoms with van der Waals surface area (Å²) in [4.78, 5) is 30.9. The van der Waals surface area contributed by atoms with E-state index >= 15 is 0 Å². The molecule has 1 fully saturated rings. The first-order valence-corrected chi connectivity index (χ1v) is 10.7. The van der Waals surface area contributed by atoms with E-state index in [9.17, 15) is 14.0 Å². The number of carbonyl (C=O) groups excluding carboxylic acids is 2. The van der Waals surface area contributed by atoms with Gasteiger partial charge in [0.15, 0.2) is 5.17 Å². The lowest BCUT2D eigenvalue weighted by Gasteiger charge is -2.15. The number of nitrogens with zero attached hydrogens (tertiary/aromatic N) is 2. The molecule has 1 N–H and O–H groups in total. The number of rotatable bonds is 6. The van der Waals surface area contributed by atoms with Crippen LogP contribution in [0.15, 0.2) is 76.3 Å². The van der Waals surface area contributed by atoms with Crippen LogP contribution in [0.5, 0.6) is 0 Å². The molecule has 6 nitrogen and oxygen atoms in total. The van der Waals surface area contributed by atoms with E-state index in [1.165, 1.54) is 23.9 Å². The molecule has 31 heavy (non-hydrogen) atoms. The van der Waals surface area contributed by atoms with Gasteiger partial charge in [-0.25, -0.2) is 9.38 Å². The van der Waals surface area contributed by atoms with Crippen molar-refractivity contribution in [2.24, 2.45) is 4.99 Å². The van der Waals surface area contributed by atoms with Crippen molar-refractivity contribution in [2.45, 2.75) is 25.1 Å². The van der Waals surface area contributed by atoms with Crippen molar-refractivity contribution >= 4 is 40.1 Å². The SMILES string of the molecule is CCC(=O)Nc1ccc(C2SC(=Nc3cccc(F)c3)N(Cc3ccco3)C2=O)cc1. The number of carbonyl (C=O) groups is 2. The molecule has 4 rings (SSSR count). The van der Waals surface area contributed by atoms with Crippen molar-refractivity contribution in [3.05, 3.63) is 84.1 Å². The molecule has 158 valence electrons. The highest BCUT2D eigenvalue weighted by Crippen LogP contribution is 2.41. The van der Waals surface area contributed by atoms with E-state index in [0.717, 1.165) is 5.56 Å². The molecule has 2 aromatic carbocycles. The van der Waals surface area contributed by atoms with Gasteiger partial charge in [-0.05, 0) is 48.0 Å². The molecule has 2 heterocycles. The van der Waals surface area contributed by atoms with Gasteiger partial charge < -0.3 is 9.73 Å². The maximum absolute atomic E-state index is 13.6. The number of amides is 2. The van der Waals surface area contributed by atoms with Crippen LogP contribution in [0.25, 0.3) is 0 Å². The molecule has 0 saturated carbocycles. The average Bonchev–Trinajstić information content (AvgIpc) is 3.38. The average molecular weight is 437 g/mol. The van der Waals surface area contributed by atoms with E-state index in [0.29, 0.717) is 28.7 Å². The van der Waals surface area contributed by atoms with Crippen LogP contribution in [0.2, 0.25) is 0 Å². The Morgan fingerprint density at radius 2 is 2.00 bits per heavy atom. The third-order valence-electron chi connectivity index (χ3n) is 4.69. The van der Waals surface area contributed by atoms with Gasteiger partial charge in [0.2, 0.25) is 11.8 Å². The second-order valence-electron chi connectivity index (χ2n) is 6.90. The zero-order chi connectivity index (χ0) is 21.8. The van der Waals surface area contributed by atoms with Gasteiger partial charge in [0.1, 0.15) is 16.8 Å². The third-order valence-corrected chi connectivity index (χ3v) is 5.92. The van der Waals surface area contributed by atoms with Crippen LogP contribution in [0.1, 0.15) is 29.9 Å². The predicted molar refractivity (Wildman–Crippen MR) is 118 cm³/mol. The van der Waals surface area contributed by atoms with Crippen LogP contribution in [-0.4, -0.2) is 21.9 Å².